The van der Waals surface area contributed by atoms with Gasteiger partial charge in [0.2, 0.25) is 11.8 Å². The van der Waals surface area contributed by atoms with E-state index in [0.717, 1.165) is 10.0 Å². The van der Waals surface area contributed by atoms with Crippen LogP contribution in [0.15, 0.2) is 53.0 Å². The van der Waals surface area contributed by atoms with Crippen LogP contribution in [0, 0.1) is 0 Å². The van der Waals surface area contributed by atoms with Gasteiger partial charge in [-0.15, -0.1) is 0 Å². The Kier molecular flexibility index (Phi) is 5.98. The molecule has 0 aliphatic heterocycles. The van der Waals surface area contributed by atoms with Crippen LogP contribution in [0.2, 0.25) is 5.02 Å². The molecule has 0 saturated heterocycles. The standard InChI is InChI=1S/C16H14BrClN2O2/c17-12-6-4-11(5-7-12)8-15(21)19-10-16(22)20-14-3-1-2-13(18)9-14/h1-7,9H,8,10H2,(H,19,21)(H,20,22). The van der Waals surface area contributed by atoms with Crippen LogP contribution in [0.3, 0.4) is 0 Å². The second kappa shape index (κ2) is 7.96. The van der Waals surface area contributed by atoms with Gasteiger partial charge in [-0.05, 0) is 35.9 Å². The van der Waals surface area contributed by atoms with Crippen molar-refractivity contribution in [3.63, 3.8) is 0 Å². The molecule has 2 aromatic carbocycles. The maximum absolute atomic E-state index is 11.8. The Labute approximate surface area is 142 Å². The average Bonchev–Trinajstić information content (AvgIpc) is 2.48. The number of anilines is 1. The monoisotopic (exact) mass is 380 g/mol. The Morgan fingerprint density at radius 2 is 1.77 bits per heavy atom. The van der Waals surface area contributed by atoms with Gasteiger partial charge in [0.1, 0.15) is 0 Å². The average molecular weight is 382 g/mol. The molecule has 4 nitrogen and oxygen atoms in total. The molecule has 0 aromatic heterocycles. The fourth-order valence-electron chi connectivity index (χ4n) is 1.80. The largest absolute Gasteiger partial charge is 0.347 e. The number of halogens is 2. The van der Waals surface area contributed by atoms with E-state index in [4.69, 9.17) is 11.6 Å². The molecule has 6 heteroatoms. The molecule has 0 fully saturated rings. The highest BCUT2D eigenvalue weighted by Crippen LogP contribution is 2.14. The smallest absolute Gasteiger partial charge is 0.243 e. The van der Waals surface area contributed by atoms with Gasteiger partial charge >= 0.3 is 0 Å². The Hall–Kier alpha value is -1.85. The molecule has 0 heterocycles. The first kappa shape index (κ1) is 16.5. The number of benzene rings is 2. The zero-order valence-electron chi connectivity index (χ0n) is 11.6. The van der Waals surface area contributed by atoms with E-state index in [1.54, 1.807) is 24.3 Å². The number of hydrogen-bond acceptors (Lipinski definition) is 2. The molecule has 0 atom stereocenters. The van der Waals surface area contributed by atoms with Crippen LogP contribution in [0.25, 0.3) is 0 Å². The summed E-state index contributed by atoms with van der Waals surface area (Å²) in [5, 5.41) is 5.79. The van der Waals surface area contributed by atoms with Crippen LogP contribution in [0.5, 0.6) is 0 Å². The molecule has 2 rings (SSSR count). The highest BCUT2D eigenvalue weighted by atomic mass is 79.9. The number of rotatable bonds is 5. The summed E-state index contributed by atoms with van der Waals surface area (Å²) >= 11 is 9.17. The van der Waals surface area contributed by atoms with Crippen molar-refractivity contribution in [1.82, 2.24) is 5.32 Å². The lowest BCUT2D eigenvalue weighted by Gasteiger charge is -2.07. The molecule has 0 saturated carbocycles. The van der Waals surface area contributed by atoms with Crippen molar-refractivity contribution in [2.24, 2.45) is 0 Å². The van der Waals surface area contributed by atoms with E-state index in [-0.39, 0.29) is 24.8 Å². The molecule has 2 amide bonds. The van der Waals surface area contributed by atoms with Gasteiger partial charge in [0.25, 0.3) is 0 Å². The molecule has 0 aliphatic carbocycles. The summed E-state index contributed by atoms with van der Waals surface area (Å²) in [5.41, 5.74) is 1.48. The summed E-state index contributed by atoms with van der Waals surface area (Å²) in [6, 6.07) is 14.3. The molecule has 114 valence electrons. The highest BCUT2D eigenvalue weighted by Gasteiger charge is 2.07. The van der Waals surface area contributed by atoms with Crippen molar-refractivity contribution in [3.8, 4) is 0 Å². The third-order valence-corrected chi connectivity index (χ3v) is 3.60. The van der Waals surface area contributed by atoms with Crippen LogP contribution < -0.4 is 10.6 Å². The van der Waals surface area contributed by atoms with E-state index in [1.807, 2.05) is 24.3 Å². The summed E-state index contributed by atoms with van der Waals surface area (Å²) in [7, 11) is 0. The molecule has 0 unspecified atom stereocenters. The first-order valence-electron chi connectivity index (χ1n) is 6.59. The van der Waals surface area contributed by atoms with Gasteiger partial charge in [-0.25, -0.2) is 0 Å². The summed E-state index contributed by atoms with van der Waals surface area (Å²) in [6.45, 7) is -0.0815. The van der Waals surface area contributed by atoms with Crippen LogP contribution >= 0.6 is 27.5 Å². The SMILES string of the molecule is O=C(Cc1ccc(Br)cc1)NCC(=O)Nc1cccc(Cl)c1. The quantitative estimate of drug-likeness (QED) is 0.834. The van der Waals surface area contributed by atoms with Crippen molar-refractivity contribution in [3.05, 3.63) is 63.6 Å². The summed E-state index contributed by atoms with van der Waals surface area (Å²) in [6.07, 6.45) is 0.234. The Balaban J connectivity index is 1.78. The highest BCUT2D eigenvalue weighted by molar-refractivity contribution is 9.10. The molecule has 0 spiro atoms. The predicted molar refractivity (Wildman–Crippen MR) is 90.9 cm³/mol. The van der Waals surface area contributed by atoms with Crippen molar-refractivity contribution < 1.29 is 9.59 Å². The second-order valence-corrected chi connectivity index (χ2v) is 5.99. The lowest BCUT2D eigenvalue weighted by molar-refractivity contribution is -0.123. The molecule has 0 bridgehead atoms. The van der Waals surface area contributed by atoms with Crippen LogP contribution in [-0.4, -0.2) is 18.4 Å². The number of amides is 2. The normalized spacial score (nSPS) is 10.1. The van der Waals surface area contributed by atoms with Crippen molar-refractivity contribution in [2.75, 3.05) is 11.9 Å². The Bertz CT molecular complexity index is 674. The minimum absolute atomic E-state index is 0.0815. The van der Waals surface area contributed by atoms with Gasteiger partial charge in [0.05, 0.1) is 13.0 Å². The molecule has 2 N–H and O–H groups in total. The topological polar surface area (TPSA) is 58.2 Å². The van der Waals surface area contributed by atoms with E-state index < -0.39 is 0 Å². The zero-order chi connectivity index (χ0) is 15.9. The van der Waals surface area contributed by atoms with Crippen LogP contribution in [0.4, 0.5) is 5.69 Å². The summed E-state index contributed by atoms with van der Waals surface area (Å²) in [5.74, 6) is -0.505. The molecule has 2 aromatic rings. The molecule has 0 radical (unpaired) electrons. The third kappa shape index (κ3) is 5.50. The first-order valence-corrected chi connectivity index (χ1v) is 7.76. The molecular weight excluding hydrogens is 368 g/mol. The maximum Gasteiger partial charge on any atom is 0.243 e. The van der Waals surface area contributed by atoms with Gasteiger partial charge in [0.15, 0.2) is 0 Å². The number of carbonyl (C=O) groups is 2. The molecule has 22 heavy (non-hydrogen) atoms. The van der Waals surface area contributed by atoms with Gasteiger partial charge in [-0.1, -0.05) is 45.7 Å². The summed E-state index contributed by atoms with van der Waals surface area (Å²) < 4.78 is 0.956. The lowest BCUT2D eigenvalue weighted by atomic mass is 10.1. The molecule has 0 aliphatic rings. The van der Waals surface area contributed by atoms with Crippen LogP contribution in [0.1, 0.15) is 5.56 Å². The van der Waals surface area contributed by atoms with Gasteiger partial charge in [-0.2, -0.15) is 0 Å². The predicted octanol–water partition coefficient (Wildman–Crippen LogP) is 3.40. The fraction of sp³-hybridized carbons (Fsp3) is 0.125. The fourth-order valence-corrected chi connectivity index (χ4v) is 2.26. The lowest BCUT2D eigenvalue weighted by Crippen LogP contribution is -2.33. The minimum Gasteiger partial charge on any atom is -0.347 e. The first-order chi connectivity index (χ1) is 10.5. The van der Waals surface area contributed by atoms with Gasteiger partial charge in [0, 0.05) is 15.2 Å². The van der Waals surface area contributed by atoms with E-state index in [1.165, 1.54) is 0 Å². The van der Waals surface area contributed by atoms with E-state index in [2.05, 4.69) is 26.6 Å². The van der Waals surface area contributed by atoms with E-state index in [0.29, 0.717) is 10.7 Å². The van der Waals surface area contributed by atoms with E-state index >= 15 is 0 Å². The number of carbonyl (C=O) groups excluding carboxylic acids is 2. The third-order valence-electron chi connectivity index (χ3n) is 2.83. The van der Waals surface area contributed by atoms with Gasteiger partial charge < -0.3 is 10.6 Å². The Morgan fingerprint density at radius 1 is 1.05 bits per heavy atom. The van der Waals surface area contributed by atoms with E-state index in [9.17, 15) is 9.59 Å². The summed E-state index contributed by atoms with van der Waals surface area (Å²) in [4.78, 5) is 23.5. The van der Waals surface area contributed by atoms with Gasteiger partial charge in [-0.3, -0.25) is 9.59 Å². The Morgan fingerprint density at radius 3 is 2.45 bits per heavy atom. The number of nitrogens with one attached hydrogen (secondary N) is 2. The number of hydrogen-bond donors (Lipinski definition) is 2. The van der Waals surface area contributed by atoms with Crippen molar-refractivity contribution in [2.45, 2.75) is 6.42 Å². The maximum atomic E-state index is 11.8. The van der Waals surface area contributed by atoms with Crippen molar-refractivity contribution in [1.29, 1.82) is 0 Å². The zero-order valence-corrected chi connectivity index (χ0v) is 13.9. The second-order valence-electron chi connectivity index (χ2n) is 4.64. The minimum atomic E-state index is -0.300. The van der Waals surface area contributed by atoms with Crippen molar-refractivity contribution >= 4 is 45.0 Å². The molecular formula is C16H14BrClN2O2. The van der Waals surface area contributed by atoms with Crippen LogP contribution in [-0.2, 0) is 16.0 Å².